The molecule has 0 bridgehead atoms. The summed E-state index contributed by atoms with van der Waals surface area (Å²) in [7, 11) is -3.61. The quantitative estimate of drug-likeness (QED) is 0.592. The van der Waals surface area contributed by atoms with Gasteiger partial charge >= 0.3 is 0 Å². The van der Waals surface area contributed by atoms with Gasteiger partial charge in [-0.1, -0.05) is 25.1 Å². The molecule has 0 spiro atoms. The van der Waals surface area contributed by atoms with Gasteiger partial charge in [0.15, 0.2) is 5.78 Å². The molecule has 1 saturated heterocycles. The maximum absolute atomic E-state index is 12.7. The molecule has 0 unspecified atom stereocenters. The Morgan fingerprint density at radius 3 is 2.08 bits per heavy atom. The molecule has 1 heterocycles. The third kappa shape index (κ3) is 4.35. The summed E-state index contributed by atoms with van der Waals surface area (Å²) in [6, 6.07) is 5.96. The van der Waals surface area contributed by atoms with Crippen molar-refractivity contribution in [3.8, 4) is 0 Å². The molecule has 7 heteroatoms. The van der Waals surface area contributed by atoms with Gasteiger partial charge in [0.25, 0.3) is 0 Å². The van der Waals surface area contributed by atoms with Crippen LogP contribution in [0.15, 0.2) is 40.8 Å². The minimum Gasteiger partial charge on any atom is -0.336 e. The fraction of sp³-hybridized carbons (Fsp3) is 0.444. The molecule has 1 amide bonds. The highest BCUT2D eigenvalue weighted by Crippen LogP contribution is 2.19. The van der Waals surface area contributed by atoms with Crippen LogP contribution in [0.2, 0.25) is 0 Å². The molecule has 2 rings (SSSR count). The maximum atomic E-state index is 12.7. The SMILES string of the molecule is CC/C=C(/C)C(=O)N1CCN(S(=O)(=O)c2ccc(C(C)=O)cc2)CC1. The summed E-state index contributed by atoms with van der Waals surface area (Å²) in [5.41, 5.74) is 1.17. The Balaban J connectivity index is 2.07. The molecule has 1 fully saturated rings. The first kappa shape index (κ1) is 19.3. The summed E-state index contributed by atoms with van der Waals surface area (Å²) < 4.78 is 26.8. The van der Waals surface area contributed by atoms with Crippen molar-refractivity contribution >= 4 is 21.7 Å². The third-order valence-electron chi connectivity index (χ3n) is 4.27. The van der Waals surface area contributed by atoms with Crippen molar-refractivity contribution in [2.75, 3.05) is 26.2 Å². The van der Waals surface area contributed by atoms with Crippen LogP contribution in [0.5, 0.6) is 0 Å². The minimum absolute atomic E-state index is 0.0373. The van der Waals surface area contributed by atoms with Crippen molar-refractivity contribution in [3.63, 3.8) is 0 Å². The second-order valence-electron chi connectivity index (χ2n) is 6.07. The number of Topliss-reactive ketones (excluding diaryl/α,β-unsaturated/α-hetero) is 1. The number of rotatable bonds is 5. The van der Waals surface area contributed by atoms with Crippen LogP contribution in [0, 0.1) is 0 Å². The van der Waals surface area contributed by atoms with Crippen molar-refractivity contribution in [1.29, 1.82) is 0 Å². The van der Waals surface area contributed by atoms with Gasteiger partial charge in [0.05, 0.1) is 4.90 Å². The van der Waals surface area contributed by atoms with Gasteiger partial charge < -0.3 is 4.90 Å². The number of piperazine rings is 1. The summed E-state index contributed by atoms with van der Waals surface area (Å²) in [6.45, 7) is 6.47. The number of nitrogens with zero attached hydrogens (tertiary/aromatic N) is 2. The standard InChI is InChI=1S/C18H24N2O4S/c1-4-5-14(2)18(22)19-10-12-20(13-11-19)25(23,24)17-8-6-16(7-9-17)15(3)21/h5-9H,4,10-13H2,1-3H3/b14-5-. The van der Waals surface area contributed by atoms with Crippen molar-refractivity contribution in [3.05, 3.63) is 41.5 Å². The van der Waals surface area contributed by atoms with Crippen LogP contribution in [-0.2, 0) is 14.8 Å². The van der Waals surface area contributed by atoms with E-state index in [1.54, 1.807) is 11.8 Å². The smallest absolute Gasteiger partial charge is 0.249 e. The second kappa shape index (κ2) is 7.93. The van der Waals surface area contributed by atoms with Crippen molar-refractivity contribution in [2.45, 2.75) is 32.1 Å². The first-order valence-corrected chi connectivity index (χ1v) is 9.78. The number of ketones is 1. The largest absolute Gasteiger partial charge is 0.336 e. The van der Waals surface area contributed by atoms with Crippen molar-refractivity contribution < 1.29 is 18.0 Å². The Kier molecular flexibility index (Phi) is 6.13. The molecule has 0 atom stereocenters. The number of carbonyl (C=O) groups excluding carboxylic acids is 2. The highest BCUT2D eigenvalue weighted by molar-refractivity contribution is 7.89. The molecule has 1 aliphatic rings. The first-order chi connectivity index (χ1) is 11.8. The molecule has 1 aliphatic heterocycles. The summed E-state index contributed by atoms with van der Waals surface area (Å²) in [5.74, 6) is -0.142. The highest BCUT2D eigenvalue weighted by Gasteiger charge is 2.30. The topological polar surface area (TPSA) is 74.8 Å². The van der Waals surface area contributed by atoms with Gasteiger partial charge in [-0.15, -0.1) is 0 Å². The van der Waals surface area contributed by atoms with E-state index in [9.17, 15) is 18.0 Å². The average Bonchev–Trinajstić information content (AvgIpc) is 2.61. The minimum atomic E-state index is -3.61. The van der Waals surface area contributed by atoms with Gasteiger partial charge in [-0.05, 0) is 32.4 Å². The summed E-state index contributed by atoms with van der Waals surface area (Å²) in [5, 5.41) is 0. The van der Waals surface area contributed by atoms with Gasteiger partial charge in [-0.25, -0.2) is 8.42 Å². The summed E-state index contributed by atoms with van der Waals surface area (Å²) in [6.07, 6.45) is 2.67. The molecule has 0 radical (unpaired) electrons. The van der Waals surface area contributed by atoms with Gasteiger partial charge in [0.1, 0.15) is 0 Å². The van der Waals surface area contributed by atoms with Crippen molar-refractivity contribution in [2.24, 2.45) is 0 Å². The van der Waals surface area contributed by atoms with Gasteiger partial charge in [-0.2, -0.15) is 4.31 Å². The van der Waals surface area contributed by atoms with Gasteiger partial charge in [0, 0.05) is 37.3 Å². The monoisotopic (exact) mass is 364 g/mol. The van der Waals surface area contributed by atoms with E-state index in [-0.39, 0.29) is 29.7 Å². The third-order valence-corrected chi connectivity index (χ3v) is 6.18. The fourth-order valence-corrected chi connectivity index (χ4v) is 4.21. The summed E-state index contributed by atoms with van der Waals surface area (Å²) in [4.78, 5) is 25.4. The van der Waals surface area contributed by atoms with Crippen LogP contribution in [0.1, 0.15) is 37.6 Å². The van der Waals surface area contributed by atoms with E-state index in [1.165, 1.54) is 35.5 Å². The van der Waals surface area contributed by atoms with E-state index in [2.05, 4.69) is 0 Å². The number of allylic oxidation sites excluding steroid dienone is 1. The Morgan fingerprint density at radius 2 is 1.60 bits per heavy atom. The van der Waals surface area contributed by atoms with Gasteiger partial charge in [-0.3, -0.25) is 9.59 Å². The Hall–Kier alpha value is -1.99. The van der Waals surface area contributed by atoms with E-state index in [0.29, 0.717) is 24.2 Å². The van der Waals surface area contributed by atoms with Gasteiger partial charge in [0.2, 0.25) is 15.9 Å². The summed E-state index contributed by atoms with van der Waals surface area (Å²) >= 11 is 0. The van der Waals surface area contributed by atoms with Crippen LogP contribution in [-0.4, -0.2) is 55.5 Å². The Bertz CT molecular complexity index is 774. The molecular weight excluding hydrogens is 340 g/mol. The molecule has 1 aromatic carbocycles. The molecule has 136 valence electrons. The lowest BCUT2D eigenvalue weighted by Crippen LogP contribution is -2.50. The highest BCUT2D eigenvalue weighted by atomic mass is 32.2. The zero-order valence-electron chi connectivity index (χ0n) is 14.9. The second-order valence-corrected chi connectivity index (χ2v) is 8.01. The van der Waals surface area contributed by atoms with Crippen LogP contribution >= 0.6 is 0 Å². The molecule has 0 saturated carbocycles. The molecular formula is C18H24N2O4S. The van der Waals surface area contributed by atoms with E-state index >= 15 is 0 Å². The molecule has 0 N–H and O–H groups in total. The first-order valence-electron chi connectivity index (χ1n) is 8.34. The number of sulfonamides is 1. The normalized spacial score (nSPS) is 16.8. The molecule has 6 nitrogen and oxygen atoms in total. The Labute approximate surface area is 149 Å². The van der Waals surface area contributed by atoms with E-state index in [4.69, 9.17) is 0 Å². The maximum Gasteiger partial charge on any atom is 0.249 e. The van der Waals surface area contributed by atoms with Crippen LogP contribution in [0.3, 0.4) is 0 Å². The molecule has 1 aromatic rings. The number of amides is 1. The number of benzene rings is 1. The van der Waals surface area contributed by atoms with Crippen LogP contribution in [0.25, 0.3) is 0 Å². The number of carbonyl (C=O) groups is 2. The fourth-order valence-electron chi connectivity index (χ4n) is 2.79. The zero-order valence-corrected chi connectivity index (χ0v) is 15.7. The molecule has 0 aromatic heterocycles. The lowest BCUT2D eigenvalue weighted by Gasteiger charge is -2.34. The van der Waals surface area contributed by atoms with Crippen LogP contribution in [0.4, 0.5) is 0 Å². The van der Waals surface area contributed by atoms with Crippen LogP contribution < -0.4 is 0 Å². The zero-order chi connectivity index (χ0) is 18.6. The molecule has 25 heavy (non-hydrogen) atoms. The predicted molar refractivity (Wildman–Crippen MR) is 95.8 cm³/mol. The number of hydrogen-bond donors (Lipinski definition) is 0. The Morgan fingerprint density at radius 1 is 1.04 bits per heavy atom. The lowest BCUT2D eigenvalue weighted by molar-refractivity contribution is -0.128. The number of hydrogen-bond acceptors (Lipinski definition) is 4. The van der Waals surface area contributed by atoms with Crippen molar-refractivity contribution in [1.82, 2.24) is 9.21 Å². The van der Waals surface area contributed by atoms with E-state index in [1.807, 2.05) is 13.0 Å². The van der Waals surface area contributed by atoms with E-state index < -0.39 is 10.0 Å². The predicted octanol–water partition coefficient (Wildman–Crippen LogP) is 2.08. The molecule has 0 aliphatic carbocycles. The lowest BCUT2D eigenvalue weighted by atomic mass is 10.2. The van der Waals surface area contributed by atoms with E-state index in [0.717, 1.165) is 6.42 Å². The average molecular weight is 364 g/mol.